The molecule has 41 heavy (non-hydrogen) atoms. The van der Waals surface area contributed by atoms with E-state index >= 15 is 0 Å². The molecule has 1 aliphatic heterocycles. The third-order valence-electron chi connectivity index (χ3n) is 7.40. The molecule has 10 heteroatoms. The summed E-state index contributed by atoms with van der Waals surface area (Å²) < 4.78 is 4.74. The molecule has 1 fully saturated rings. The van der Waals surface area contributed by atoms with Crippen LogP contribution in [-0.2, 0) is 26.3 Å². The Hall–Kier alpha value is -3.59. The Labute approximate surface area is 247 Å². The van der Waals surface area contributed by atoms with Crippen LogP contribution in [0.3, 0.4) is 0 Å². The molecule has 0 saturated carbocycles. The van der Waals surface area contributed by atoms with E-state index in [-0.39, 0.29) is 42.1 Å². The first kappa shape index (κ1) is 31.9. The van der Waals surface area contributed by atoms with Crippen LogP contribution in [0.2, 0.25) is 5.02 Å². The summed E-state index contributed by atoms with van der Waals surface area (Å²) in [4.78, 5) is 40.7. The summed E-state index contributed by atoms with van der Waals surface area (Å²) in [5.74, 6) is -0.0615. The Morgan fingerprint density at radius 2 is 1.71 bits per heavy atom. The first-order chi connectivity index (χ1) is 19.5. The van der Waals surface area contributed by atoms with E-state index in [0.717, 1.165) is 11.1 Å². The van der Waals surface area contributed by atoms with Gasteiger partial charge in [-0.15, -0.1) is 0 Å². The average Bonchev–Trinajstić information content (AvgIpc) is 3.17. The van der Waals surface area contributed by atoms with Crippen molar-refractivity contribution in [2.75, 3.05) is 13.7 Å². The average molecular weight is 584 g/mol. The van der Waals surface area contributed by atoms with Crippen molar-refractivity contribution in [2.45, 2.75) is 71.0 Å². The Kier molecular flexibility index (Phi) is 11.2. The summed E-state index contributed by atoms with van der Waals surface area (Å²) in [5.41, 5.74) is 0.610. The molecule has 9 nitrogen and oxygen atoms in total. The van der Waals surface area contributed by atoms with Gasteiger partial charge in [0, 0.05) is 24.0 Å². The highest BCUT2D eigenvalue weighted by Crippen LogP contribution is 2.35. The zero-order valence-corrected chi connectivity index (χ0v) is 25.3. The van der Waals surface area contributed by atoms with Crippen molar-refractivity contribution in [3.05, 3.63) is 70.7 Å². The number of methoxy groups -OCH3 is 1. The van der Waals surface area contributed by atoms with Gasteiger partial charge >= 0.3 is 6.09 Å². The molecule has 1 aliphatic rings. The number of nitrogens with one attached hydrogen (secondary N) is 4. The molecule has 0 bridgehead atoms. The van der Waals surface area contributed by atoms with Gasteiger partial charge in [0.25, 0.3) is 5.91 Å². The maximum atomic E-state index is 13.8. The van der Waals surface area contributed by atoms with Crippen LogP contribution >= 0.6 is 11.6 Å². The molecule has 0 aromatic heterocycles. The number of rotatable bonds is 13. The molecule has 1 saturated heterocycles. The van der Waals surface area contributed by atoms with E-state index in [1.807, 2.05) is 56.3 Å². The van der Waals surface area contributed by atoms with Crippen LogP contribution in [0.4, 0.5) is 4.79 Å². The Bertz CT molecular complexity index is 1220. The fraction of sp³-hybridized carbons (Fsp3) is 0.484. The van der Waals surface area contributed by atoms with Crippen molar-refractivity contribution >= 4 is 35.5 Å². The minimum Gasteiger partial charge on any atom is -0.453 e. The summed E-state index contributed by atoms with van der Waals surface area (Å²) in [6.07, 6.45) is 1.22. The van der Waals surface area contributed by atoms with Crippen molar-refractivity contribution < 1.29 is 19.1 Å². The fourth-order valence-corrected chi connectivity index (χ4v) is 5.49. The quantitative estimate of drug-likeness (QED) is 0.269. The van der Waals surface area contributed by atoms with Gasteiger partial charge in [0.2, 0.25) is 5.91 Å². The Morgan fingerprint density at radius 1 is 1.05 bits per heavy atom. The standard InChI is InChI=1S/C31H42ClN5O4/c1-20(2)19-31(23-13-7-6-8-14-23)28(39)37(29(33)36-31)17-11-16-25(21(3)4)34-27(38)26(35-30(40)41-5)18-22-12-9-10-15-24(22)32/h6-10,12-15,20-21,25-26H,11,16-19H2,1-5H3,(H2,33,36)(H,34,38)(H,35,40)/t25?,26-,31+/m0/s1. The molecular weight excluding hydrogens is 542 g/mol. The SMILES string of the molecule is COC(=O)N[C@@H](Cc1ccccc1Cl)C(=O)NC(CCCN1C(=N)N[C@](CC(C)C)(c2ccccc2)C1=O)C(C)C. The molecule has 0 radical (unpaired) electrons. The second-order valence-corrected chi connectivity index (χ2v) is 11.7. The van der Waals surface area contributed by atoms with Gasteiger partial charge in [0.1, 0.15) is 11.6 Å². The van der Waals surface area contributed by atoms with Crippen LogP contribution in [-0.4, -0.2) is 54.5 Å². The van der Waals surface area contributed by atoms with Gasteiger partial charge in [-0.1, -0.05) is 87.8 Å². The van der Waals surface area contributed by atoms with Gasteiger partial charge in [0.15, 0.2) is 5.96 Å². The highest BCUT2D eigenvalue weighted by Gasteiger charge is 2.50. The maximum Gasteiger partial charge on any atom is 0.407 e. The number of carbonyl (C=O) groups excluding carboxylic acids is 3. The molecule has 0 spiro atoms. The number of ether oxygens (including phenoxy) is 1. The smallest absolute Gasteiger partial charge is 0.407 e. The lowest BCUT2D eigenvalue weighted by molar-refractivity contribution is -0.132. The van der Waals surface area contributed by atoms with Gasteiger partial charge in [-0.05, 0) is 48.3 Å². The Balaban J connectivity index is 1.68. The van der Waals surface area contributed by atoms with Crippen LogP contribution in [0.25, 0.3) is 0 Å². The normalized spacial score (nSPS) is 18.3. The number of hydrogen-bond donors (Lipinski definition) is 4. The van der Waals surface area contributed by atoms with Crippen LogP contribution in [0.15, 0.2) is 54.6 Å². The van der Waals surface area contributed by atoms with Crippen LogP contribution in [0.1, 0.15) is 58.1 Å². The lowest BCUT2D eigenvalue weighted by Crippen LogP contribution is -2.52. The molecule has 222 valence electrons. The van der Waals surface area contributed by atoms with E-state index in [1.54, 1.807) is 12.1 Å². The molecule has 2 aromatic carbocycles. The van der Waals surface area contributed by atoms with Crippen LogP contribution < -0.4 is 16.0 Å². The van der Waals surface area contributed by atoms with Gasteiger partial charge in [0.05, 0.1) is 7.11 Å². The highest BCUT2D eigenvalue weighted by molar-refractivity contribution is 6.31. The molecule has 3 amide bonds. The number of nitrogens with zero attached hydrogens (tertiary/aromatic N) is 1. The predicted molar refractivity (Wildman–Crippen MR) is 161 cm³/mol. The third-order valence-corrected chi connectivity index (χ3v) is 7.77. The number of carbonyl (C=O) groups is 3. The first-order valence-electron chi connectivity index (χ1n) is 14.1. The molecule has 1 unspecified atom stereocenters. The van der Waals surface area contributed by atoms with Crippen LogP contribution in [0, 0.1) is 17.2 Å². The molecule has 3 rings (SSSR count). The van der Waals surface area contributed by atoms with E-state index in [4.69, 9.17) is 21.7 Å². The van der Waals surface area contributed by atoms with Crippen LogP contribution in [0.5, 0.6) is 0 Å². The number of guanidine groups is 1. The van der Waals surface area contributed by atoms with Crippen molar-refractivity contribution in [1.82, 2.24) is 20.9 Å². The van der Waals surface area contributed by atoms with E-state index in [1.165, 1.54) is 12.0 Å². The topological polar surface area (TPSA) is 124 Å². The molecule has 3 atom stereocenters. The van der Waals surface area contributed by atoms with Gasteiger partial charge < -0.3 is 20.7 Å². The summed E-state index contributed by atoms with van der Waals surface area (Å²) in [5, 5.41) is 18.0. The largest absolute Gasteiger partial charge is 0.453 e. The van der Waals surface area contributed by atoms with Gasteiger partial charge in [-0.2, -0.15) is 0 Å². The number of amides is 3. The molecule has 1 heterocycles. The summed E-state index contributed by atoms with van der Waals surface area (Å²) in [6.45, 7) is 8.50. The summed E-state index contributed by atoms with van der Waals surface area (Å²) in [6, 6.07) is 15.6. The first-order valence-corrected chi connectivity index (χ1v) is 14.5. The van der Waals surface area contributed by atoms with Crippen molar-refractivity contribution in [2.24, 2.45) is 11.8 Å². The van der Waals surface area contributed by atoms with E-state index < -0.39 is 17.7 Å². The highest BCUT2D eigenvalue weighted by atomic mass is 35.5. The molecule has 2 aromatic rings. The monoisotopic (exact) mass is 583 g/mol. The van der Waals surface area contributed by atoms with Gasteiger partial charge in [-0.25, -0.2) is 4.79 Å². The second kappa shape index (κ2) is 14.3. The zero-order chi connectivity index (χ0) is 30.2. The second-order valence-electron chi connectivity index (χ2n) is 11.3. The summed E-state index contributed by atoms with van der Waals surface area (Å²) >= 11 is 6.31. The third kappa shape index (κ3) is 8.00. The number of alkyl carbamates (subject to hydrolysis) is 1. The summed E-state index contributed by atoms with van der Waals surface area (Å²) in [7, 11) is 1.25. The van der Waals surface area contributed by atoms with E-state index in [0.29, 0.717) is 30.8 Å². The predicted octanol–water partition coefficient (Wildman–Crippen LogP) is 4.84. The zero-order valence-electron chi connectivity index (χ0n) is 24.5. The molecular formula is C31H42ClN5O4. The lowest BCUT2D eigenvalue weighted by Gasteiger charge is -2.29. The van der Waals surface area contributed by atoms with Gasteiger partial charge in [-0.3, -0.25) is 19.9 Å². The van der Waals surface area contributed by atoms with Crippen molar-refractivity contribution in [3.63, 3.8) is 0 Å². The Morgan fingerprint density at radius 3 is 2.32 bits per heavy atom. The number of hydrogen-bond acceptors (Lipinski definition) is 5. The lowest BCUT2D eigenvalue weighted by atomic mass is 9.82. The fourth-order valence-electron chi connectivity index (χ4n) is 5.27. The minimum absolute atomic E-state index is 0.0896. The number of halogens is 1. The van der Waals surface area contributed by atoms with Crippen molar-refractivity contribution in [1.29, 1.82) is 5.41 Å². The molecule has 4 N–H and O–H groups in total. The van der Waals surface area contributed by atoms with E-state index in [2.05, 4.69) is 29.8 Å². The maximum absolute atomic E-state index is 13.8. The van der Waals surface area contributed by atoms with Crippen molar-refractivity contribution in [3.8, 4) is 0 Å². The minimum atomic E-state index is -0.969. The number of benzene rings is 2. The van der Waals surface area contributed by atoms with E-state index in [9.17, 15) is 14.4 Å². The molecule has 0 aliphatic carbocycles.